The summed E-state index contributed by atoms with van der Waals surface area (Å²) in [5.74, 6) is 0.506. The van der Waals surface area contributed by atoms with Gasteiger partial charge in [-0.15, -0.1) is 11.3 Å². The molecule has 0 saturated heterocycles. The van der Waals surface area contributed by atoms with E-state index in [9.17, 15) is 0 Å². The lowest BCUT2D eigenvalue weighted by Gasteiger charge is -1.96. The highest BCUT2D eigenvalue weighted by atomic mass is 32.1. The Kier molecular flexibility index (Phi) is 2.92. The molecule has 19 heavy (non-hydrogen) atoms. The average Bonchev–Trinajstić information content (AvgIpc) is 2.95. The molecule has 0 spiro atoms. The molecule has 0 aliphatic carbocycles. The molecule has 3 aromatic rings. The van der Waals surface area contributed by atoms with Crippen molar-refractivity contribution in [3.63, 3.8) is 0 Å². The summed E-state index contributed by atoms with van der Waals surface area (Å²) in [5, 5.41) is 7.80. The minimum absolute atomic E-state index is 0.506. The second-order valence-corrected chi connectivity index (χ2v) is 5.07. The van der Waals surface area contributed by atoms with E-state index in [4.69, 9.17) is 5.73 Å². The number of rotatable bonds is 3. The number of benzene rings is 1. The van der Waals surface area contributed by atoms with Gasteiger partial charge in [0.15, 0.2) is 0 Å². The zero-order chi connectivity index (χ0) is 13.2. The summed E-state index contributed by atoms with van der Waals surface area (Å²) >= 11 is 1.43. The van der Waals surface area contributed by atoms with Gasteiger partial charge in [0, 0.05) is 27.5 Å². The Morgan fingerprint density at radius 2 is 2.37 bits per heavy atom. The van der Waals surface area contributed by atoms with Crippen LogP contribution in [0, 0.1) is 6.92 Å². The molecule has 0 atom stereocenters. The molecule has 1 aromatic carbocycles. The average molecular weight is 271 g/mol. The van der Waals surface area contributed by atoms with Crippen molar-refractivity contribution < 1.29 is 0 Å². The standard InChI is InChI=1S/C13H13N5S/c1-8-5-10-9(3-2-4-11(10)16-8)6-15-18-13-17-12(14)7-19-13/h2-7,16H,14H2,1H3,(H,17,18). The molecule has 96 valence electrons. The number of nitrogens with zero attached hydrogens (tertiary/aromatic N) is 2. The van der Waals surface area contributed by atoms with Crippen molar-refractivity contribution in [3.8, 4) is 0 Å². The summed E-state index contributed by atoms with van der Waals surface area (Å²) in [4.78, 5) is 7.37. The number of aryl methyl sites for hydroxylation is 1. The third kappa shape index (κ3) is 2.43. The minimum Gasteiger partial charge on any atom is -0.383 e. The fourth-order valence-corrected chi connectivity index (χ4v) is 2.47. The molecule has 3 rings (SSSR count). The van der Waals surface area contributed by atoms with Gasteiger partial charge in [0.05, 0.1) is 6.21 Å². The maximum Gasteiger partial charge on any atom is 0.205 e. The molecule has 0 aliphatic heterocycles. The summed E-state index contributed by atoms with van der Waals surface area (Å²) in [6.45, 7) is 2.04. The Balaban J connectivity index is 1.84. The summed E-state index contributed by atoms with van der Waals surface area (Å²) in [6, 6.07) is 8.19. The molecule has 0 amide bonds. The number of H-pyrrole nitrogens is 1. The van der Waals surface area contributed by atoms with Crippen LogP contribution in [0.5, 0.6) is 0 Å². The number of fused-ring (bicyclic) bond motifs is 1. The van der Waals surface area contributed by atoms with Crippen molar-refractivity contribution in [1.29, 1.82) is 0 Å². The van der Waals surface area contributed by atoms with Crippen molar-refractivity contribution in [2.45, 2.75) is 6.92 Å². The Bertz CT molecular complexity index is 740. The van der Waals surface area contributed by atoms with Crippen molar-refractivity contribution in [2.24, 2.45) is 5.10 Å². The van der Waals surface area contributed by atoms with E-state index < -0.39 is 0 Å². The van der Waals surface area contributed by atoms with Crippen LogP contribution in [-0.2, 0) is 0 Å². The summed E-state index contributed by atoms with van der Waals surface area (Å²) in [7, 11) is 0. The number of thiazole rings is 1. The highest BCUT2D eigenvalue weighted by molar-refractivity contribution is 7.14. The van der Waals surface area contributed by atoms with E-state index in [0.717, 1.165) is 22.2 Å². The monoisotopic (exact) mass is 271 g/mol. The molecule has 6 heteroatoms. The van der Waals surface area contributed by atoms with Crippen LogP contribution in [0.15, 0.2) is 34.7 Å². The molecule has 5 nitrogen and oxygen atoms in total. The van der Waals surface area contributed by atoms with Crippen molar-refractivity contribution in [3.05, 3.63) is 40.9 Å². The van der Waals surface area contributed by atoms with Gasteiger partial charge in [-0.1, -0.05) is 12.1 Å². The molecular weight excluding hydrogens is 258 g/mol. The number of anilines is 2. The second-order valence-electron chi connectivity index (χ2n) is 4.21. The predicted molar refractivity (Wildman–Crippen MR) is 80.8 cm³/mol. The van der Waals surface area contributed by atoms with E-state index in [-0.39, 0.29) is 0 Å². The van der Waals surface area contributed by atoms with Gasteiger partial charge in [-0.2, -0.15) is 5.10 Å². The maximum atomic E-state index is 5.54. The molecular formula is C13H13N5S. The Hall–Kier alpha value is -2.34. The topological polar surface area (TPSA) is 79.1 Å². The van der Waals surface area contributed by atoms with Gasteiger partial charge in [-0.05, 0) is 19.1 Å². The number of hydrazone groups is 1. The second kappa shape index (κ2) is 4.74. The van der Waals surface area contributed by atoms with Gasteiger partial charge in [0.25, 0.3) is 0 Å². The highest BCUT2D eigenvalue weighted by Crippen LogP contribution is 2.19. The number of nitrogen functional groups attached to an aromatic ring is 1. The summed E-state index contributed by atoms with van der Waals surface area (Å²) in [5.41, 5.74) is 11.7. The first-order valence-electron chi connectivity index (χ1n) is 5.81. The number of nitrogens with two attached hydrogens (primary N) is 1. The number of hydrogen-bond acceptors (Lipinski definition) is 5. The molecule has 0 saturated carbocycles. The molecule has 2 heterocycles. The van der Waals surface area contributed by atoms with Crippen LogP contribution in [0.3, 0.4) is 0 Å². The highest BCUT2D eigenvalue weighted by Gasteiger charge is 2.01. The van der Waals surface area contributed by atoms with Crippen LogP contribution < -0.4 is 11.2 Å². The maximum absolute atomic E-state index is 5.54. The van der Waals surface area contributed by atoms with E-state index in [1.807, 2.05) is 19.1 Å². The summed E-state index contributed by atoms with van der Waals surface area (Å²) < 4.78 is 0. The first-order chi connectivity index (χ1) is 9.22. The van der Waals surface area contributed by atoms with Gasteiger partial charge in [-0.3, -0.25) is 5.43 Å². The number of aromatic amines is 1. The molecule has 0 fully saturated rings. The SMILES string of the molecule is Cc1cc2c(C=NNc3nc(N)cs3)cccc2[nH]1. The Labute approximate surface area is 114 Å². The van der Waals surface area contributed by atoms with Crippen LogP contribution in [0.25, 0.3) is 10.9 Å². The summed E-state index contributed by atoms with van der Waals surface area (Å²) in [6.07, 6.45) is 1.78. The molecule has 0 bridgehead atoms. The van der Waals surface area contributed by atoms with Crippen LogP contribution in [0.4, 0.5) is 10.9 Å². The largest absolute Gasteiger partial charge is 0.383 e. The zero-order valence-corrected chi connectivity index (χ0v) is 11.2. The molecule has 0 aliphatic rings. The predicted octanol–water partition coefficient (Wildman–Crippen LogP) is 2.96. The smallest absolute Gasteiger partial charge is 0.205 e. The van der Waals surface area contributed by atoms with E-state index in [0.29, 0.717) is 10.9 Å². The third-order valence-electron chi connectivity index (χ3n) is 2.72. The van der Waals surface area contributed by atoms with E-state index in [2.05, 4.69) is 32.6 Å². The first-order valence-corrected chi connectivity index (χ1v) is 6.69. The fraction of sp³-hybridized carbons (Fsp3) is 0.0769. The van der Waals surface area contributed by atoms with Gasteiger partial charge in [0.1, 0.15) is 5.82 Å². The van der Waals surface area contributed by atoms with Crippen molar-refractivity contribution >= 4 is 39.4 Å². The number of aromatic nitrogens is 2. The van der Waals surface area contributed by atoms with E-state index in [1.165, 1.54) is 11.3 Å². The van der Waals surface area contributed by atoms with Gasteiger partial charge in [0.2, 0.25) is 5.13 Å². The first kappa shape index (κ1) is 11.7. The van der Waals surface area contributed by atoms with Crippen LogP contribution >= 0.6 is 11.3 Å². The fourth-order valence-electron chi connectivity index (χ4n) is 1.93. The van der Waals surface area contributed by atoms with Crippen LogP contribution in [0.2, 0.25) is 0 Å². The lowest BCUT2D eigenvalue weighted by atomic mass is 10.1. The van der Waals surface area contributed by atoms with Crippen LogP contribution in [0.1, 0.15) is 11.3 Å². The molecule has 0 radical (unpaired) electrons. The van der Waals surface area contributed by atoms with Gasteiger partial charge >= 0.3 is 0 Å². The molecule has 4 N–H and O–H groups in total. The minimum atomic E-state index is 0.506. The van der Waals surface area contributed by atoms with E-state index in [1.54, 1.807) is 11.6 Å². The third-order valence-corrected chi connectivity index (χ3v) is 3.48. The van der Waals surface area contributed by atoms with Crippen molar-refractivity contribution in [1.82, 2.24) is 9.97 Å². The van der Waals surface area contributed by atoms with Gasteiger partial charge < -0.3 is 10.7 Å². The number of nitrogens with one attached hydrogen (secondary N) is 2. The molecule has 2 aromatic heterocycles. The lowest BCUT2D eigenvalue weighted by Crippen LogP contribution is -1.91. The van der Waals surface area contributed by atoms with E-state index >= 15 is 0 Å². The molecule has 0 unspecified atom stereocenters. The lowest BCUT2D eigenvalue weighted by molar-refractivity contribution is 1.29. The normalized spacial score (nSPS) is 11.4. The zero-order valence-electron chi connectivity index (χ0n) is 10.3. The Morgan fingerprint density at radius 3 is 3.16 bits per heavy atom. The van der Waals surface area contributed by atoms with Crippen molar-refractivity contribution in [2.75, 3.05) is 11.2 Å². The van der Waals surface area contributed by atoms with Gasteiger partial charge in [-0.25, -0.2) is 4.98 Å². The quantitative estimate of drug-likeness (QED) is 0.506. The Morgan fingerprint density at radius 1 is 1.47 bits per heavy atom. The number of hydrogen-bond donors (Lipinski definition) is 3. The van der Waals surface area contributed by atoms with Crippen LogP contribution in [-0.4, -0.2) is 16.2 Å².